The molecular formula is C25H31N5O2. The Kier molecular flexibility index (Phi) is 6.17. The zero-order valence-electron chi connectivity index (χ0n) is 19.3. The molecule has 7 nitrogen and oxygen atoms in total. The maximum Gasteiger partial charge on any atom is 0.255 e. The van der Waals surface area contributed by atoms with Gasteiger partial charge in [0, 0.05) is 50.0 Å². The standard InChI is InChI=1S/C25H31N5O2/c1-17-7-5-6-8-23(17)30-18(2)13-22(19(30)3)25(32)29-11-9-20(10-12-29)14-26-24(31)21-15-27-28(4)16-21/h5-8,13,15-16,20H,9-12,14H2,1-4H3,(H,26,31). The van der Waals surface area contributed by atoms with Crippen LogP contribution in [-0.4, -0.2) is 50.7 Å². The molecule has 1 fully saturated rings. The van der Waals surface area contributed by atoms with E-state index in [-0.39, 0.29) is 11.8 Å². The van der Waals surface area contributed by atoms with Crippen molar-refractivity contribution in [3.63, 3.8) is 0 Å². The largest absolute Gasteiger partial charge is 0.352 e. The monoisotopic (exact) mass is 433 g/mol. The highest BCUT2D eigenvalue weighted by Gasteiger charge is 2.27. The number of carbonyl (C=O) groups is 2. The van der Waals surface area contributed by atoms with Crippen LogP contribution in [0.25, 0.3) is 5.69 Å². The second-order valence-corrected chi connectivity index (χ2v) is 8.75. The van der Waals surface area contributed by atoms with E-state index in [1.807, 2.05) is 36.9 Å². The van der Waals surface area contributed by atoms with Crippen LogP contribution < -0.4 is 5.32 Å². The summed E-state index contributed by atoms with van der Waals surface area (Å²) in [4.78, 5) is 27.5. The highest BCUT2D eigenvalue weighted by Crippen LogP contribution is 2.26. The van der Waals surface area contributed by atoms with Gasteiger partial charge in [0.15, 0.2) is 0 Å². The normalized spacial score (nSPS) is 14.6. The number of likely N-dealkylation sites (tertiary alicyclic amines) is 1. The number of amides is 2. The first-order chi connectivity index (χ1) is 15.3. The summed E-state index contributed by atoms with van der Waals surface area (Å²) in [6.45, 7) is 8.20. The summed E-state index contributed by atoms with van der Waals surface area (Å²) < 4.78 is 3.79. The van der Waals surface area contributed by atoms with Gasteiger partial charge in [0.1, 0.15) is 0 Å². The van der Waals surface area contributed by atoms with E-state index in [1.165, 1.54) is 5.56 Å². The molecule has 0 radical (unpaired) electrons. The average Bonchev–Trinajstić information content (AvgIpc) is 3.35. The van der Waals surface area contributed by atoms with E-state index in [1.54, 1.807) is 24.1 Å². The molecule has 0 spiro atoms. The summed E-state index contributed by atoms with van der Waals surface area (Å²) in [5, 5.41) is 7.04. The molecule has 4 rings (SSSR count). The Morgan fingerprint density at radius 1 is 1.12 bits per heavy atom. The summed E-state index contributed by atoms with van der Waals surface area (Å²) in [7, 11) is 1.79. The molecule has 0 unspecified atom stereocenters. The maximum absolute atomic E-state index is 13.3. The third kappa shape index (κ3) is 4.33. The second-order valence-electron chi connectivity index (χ2n) is 8.75. The molecule has 3 heterocycles. The molecule has 0 bridgehead atoms. The number of piperidine rings is 1. The van der Waals surface area contributed by atoms with Crippen LogP contribution in [0.2, 0.25) is 0 Å². The number of aromatic nitrogens is 3. The average molecular weight is 434 g/mol. The Balaban J connectivity index is 1.37. The van der Waals surface area contributed by atoms with Crippen LogP contribution in [0.1, 0.15) is 50.5 Å². The molecule has 0 aliphatic carbocycles. The number of aryl methyl sites for hydroxylation is 3. The maximum atomic E-state index is 13.3. The first-order valence-corrected chi connectivity index (χ1v) is 11.2. The molecule has 32 heavy (non-hydrogen) atoms. The van der Waals surface area contributed by atoms with E-state index in [4.69, 9.17) is 0 Å². The zero-order chi connectivity index (χ0) is 22.8. The predicted molar refractivity (Wildman–Crippen MR) is 124 cm³/mol. The van der Waals surface area contributed by atoms with Gasteiger partial charge in [0.25, 0.3) is 11.8 Å². The van der Waals surface area contributed by atoms with Crippen LogP contribution >= 0.6 is 0 Å². The molecule has 2 amide bonds. The van der Waals surface area contributed by atoms with Crippen molar-refractivity contribution in [2.24, 2.45) is 13.0 Å². The smallest absolute Gasteiger partial charge is 0.255 e. The van der Waals surface area contributed by atoms with Crippen molar-refractivity contribution < 1.29 is 9.59 Å². The zero-order valence-corrected chi connectivity index (χ0v) is 19.3. The number of rotatable bonds is 5. The Hall–Kier alpha value is -3.35. The van der Waals surface area contributed by atoms with Gasteiger partial charge in [0.05, 0.1) is 17.3 Å². The lowest BCUT2D eigenvalue weighted by Crippen LogP contribution is -2.41. The van der Waals surface area contributed by atoms with E-state index in [0.717, 1.165) is 35.5 Å². The summed E-state index contributed by atoms with van der Waals surface area (Å²) in [5.41, 5.74) is 5.69. The number of nitrogens with zero attached hydrogens (tertiary/aromatic N) is 4. The summed E-state index contributed by atoms with van der Waals surface area (Å²) in [6.07, 6.45) is 5.05. The highest BCUT2D eigenvalue weighted by atomic mass is 16.2. The lowest BCUT2D eigenvalue weighted by molar-refractivity contribution is 0.0683. The van der Waals surface area contributed by atoms with Gasteiger partial charge in [0.2, 0.25) is 0 Å². The van der Waals surface area contributed by atoms with Crippen molar-refractivity contribution in [2.75, 3.05) is 19.6 Å². The topological polar surface area (TPSA) is 72.2 Å². The minimum absolute atomic E-state index is 0.0933. The molecule has 1 saturated heterocycles. The van der Waals surface area contributed by atoms with Crippen molar-refractivity contribution in [3.05, 3.63) is 70.8 Å². The minimum Gasteiger partial charge on any atom is -0.352 e. The van der Waals surface area contributed by atoms with Crippen LogP contribution in [0.15, 0.2) is 42.7 Å². The van der Waals surface area contributed by atoms with E-state index in [0.29, 0.717) is 31.1 Å². The molecule has 1 aliphatic heterocycles. The molecule has 1 N–H and O–H groups in total. The van der Waals surface area contributed by atoms with Crippen LogP contribution in [-0.2, 0) is 7.05 Å². The molecule has 2 aromatic heterocycles. The Morgan fingerprint density at radius 3 is 2.50 bits per heavy atom. The number of hydrogen-bond donors (Lipinski definition) is 1. The molecule has 0 atom stereocenters. The molecule has 0 saturated carbocycles. The summed E-state index contributed by atoms with van der Waals surface area (Å²) >= 11 is 0. The Labute approximate surface area is 189 Å². The van der Waals surface area contributed by atoms with Gasteiger partial charge in [-0.3, -0.25) is 14.3 Å². The summed E-state index contributed by atoms with van der Waals surface area (Å²) in [6, 6.07) is 10.2. The molecule has 1 aliphatic rings. The third-order valence-corrected chi connectivity index (χ3v) is 6.44. The lowest BCUT2D eigenvalue weighted by Gasteiger charge is -2.32. The van der Waals surface area contributed by atoms with E-state index in [9.17, 15) is 9.59 Å². The van der Waals surface area contributed by atoms with E-state index in [2.05, 4.69) is 34.0 Å². The van der Waals surface area contributed by atoms with Crippen molar-refractivity contribution in [1.82, 2.24) is 24.6 Å². The quantitative estimate of drug-likeness (QED) is 0.670. The van der Waals surface area contributed by atoms with Gasteiger partial charge in [-0.05, 0) is 57.2 Å². The van der Waals surface area contributed by atoms with E-state index < -0.39 is 0 Å². The fourth-order valence-corrected chi connectivity index (χ4v) is 4.55. The van der Waals surface area contributed by atoms with Crippen molar-refractivity contribution >= 4 is 11.8 Å². The molecule has 1 aromatic carbocycles. The number of nitrogens with one attached hydrogen (secondary N) is 1. The van der Waals surface area contributed by atoms with Crippen LogP contribution in [0.4, 0.5) is 0 Å². The summed E-state index contributed by atoms with van der Waals surface area (Å²) in [5.74, 6) is 0.370. The van der Waals surface area contributed by atoms with Crippen molar-refractivity contribution in [1.29, 1.82) is 0 Å². The fourth-order valence-electron chi connectivity index (χ4n) is 4.55. The molecule has 168 valence electrons. The van der Waals surface area contributed by atoms with Gasteiger partial charge >= 0.3 is 0 Å². The van der Waals surface area contributed by atoms with Crippen LogP contribution in [0, 0.1) is 26.7 Å². The SMILES string of the molecule is Cc1ccccc1-n1c(C)cc(C(=O)N2CCC(CNC(=O)c3cnn(C)c3)CC2)c1C. The fraction of sp³-hybridized carbons (Fsp3) is 0.400. The Bertz CT molecular complexity index is 1140. The molecule has 3 aromatic rings. The highest BCUT2D eigenvalue weighted by molar-refractivity contribution is 5.96. The third-order valence-electron chi connectivity index (χ3n) is 6.44. The first kappa shape index (κ1) is 21.9. The second kappa shape index (κ2) is 9.02. The Morgan fingerprint density at radius 2 is 1.84 bits per heavy atom. The predicted octanol–water partition coefficient (Wildman–Crippen LogP) is 3.42. The first-order valence-electron chi connectivity index (χ1n) is 11.2. The van der Waals surface area contributed by atoms with Gasteiger partial charge < -0.3 is 14.8 Å². The van der Waals surface area contributed by atoms with Crippen molar-refractivity contribution in [3.8, 4) is 5.69 Å². The number of benzene rings is 1. The lowest BCUT2D eigenvalue weighted by atomic mass is 9.96. The molecule has 7 heteroatoms. The van der Waals surface area contributed by atoms with Crippen molar-refractivity contribution in [2.45, 2.75) is 33.6 Å². The van der Waals surface area contributed by atoms with Crippen LogP contribution in [0.3, 0.4) is 0 Å². The van der Waals surface area contributed by atoms with Gasteiger partial charge in [-0.15, -0.1) is 0 Å². The van der Waals surface area contributed by atoms with Gasteiger partial charge in [-0.1, -0.05) is 18.2 Å². The van der Waals surface area contributed by atoms with Crippen LogP contribution in [0.5, 0.6) is 0 Å². The van der Waals surface area contributed by atoms with E-state index >= 15 is 0 Å². The number of para-hydroxylation sites is 1. The number of hydrogen-bond acceptors (Lipinski definition) is 3. The number of carbonyl (C=O) groups excluding carboxylic acids is 2. The van der Waals surface area contributed by atoms with Gasteiger partial charge in [-0.2, -0.15) is 5.10 Å². The van der Waals surface area contributed by atoms with Gasteiger partial charge in [-0.25, -0.2) is 0 Å². The molecular weight excluding hydrogens is 402 g/mol. The minimum atomic E-state index is -0.0970.